The van der Waals surface area contributed by atoms with Gasteiger partial charge in [0.1, 0.15) is 11.8 Å². The fourth-order valence-corrected chi connectivity index (χ4v) is 2.38. The molecule has 1 aromatic carbocycles. The van der Waals surface area contributed by atoms with E-state index in [1.807, 2.05) is 13.0 Å². The van der Waals surface area contributed by atoms with Crippen molar-refractivity contribution in [2.24, 2.45) is 0 Å². The van der Waals surface area contributed by atoms with Crippen LogP contribution in [0.2, 0.25) is 0 Å². The average molecular weight is 358 g/mol. The standard InChI is InChI=1S/C15H20BrNO4/c1-3-4-5-12(15(19)20)17-14(18)9-10-8-11(16)6-7-13(10)21-2/h6-8,12H,3-5,9H2,1-2H3,(H,17,18)(H,19,20). The molecule has 1 unspecified atom stereocenters. The lowest BCUT2D eigenvalue weighted by Crippen LogP contribution is -2.41. The summed E-state index contributed by atoms with van der Waals surface area (Å²) in [6, 6.07) is 4.54. The summed E-state index contributed by atoms with van der Waals surface area (Å²) in [7, 11) is 1.53. The molecule has 1 atom stereocenters. The normalized spacial score (nSPS) is 11.8. The van der Waals surface area contributed by atoms with Gasteiger partial charge in [-0.25, -0.2) is 4.79 Å². The lowest BCUT2D eigenvalue weighted by Gasteiger charge is -2.15. The van der Waals surface area contributed by atoms with E-state index < -0.39 is 12.0 Å². The molecule has 21 heavy (non-hydrogen) atoms. The Morgan fingerprint density at radius 1 is 1.43 bits per heavy atom. The SMILES string of the molecule is CCCCC(NC(=O)Cc1cc(Br)ccc1OC)C(=O)O. The second-order valence-corrected chi connectivity index (χ2v) is 5.65. The van der Waals surface area contributed by atoms with E-state index in [4.69, 9.17) is 9.84 Å². The highest BCUT2D eigenvalue weighted by molar-refractivity contribution is 9.10. The molecule has 6 heteroatoms. The molecule has 0 aliphatic heterocycles. The minimum atomic E-state index is -1.00. The van der Waals surface area contributed by atoms with Crippen LogP contribution in [0.5, 0.6) is 5.75 Å². The fraction of sp³-hybridized carbons (Fsp3) is 0.467. The number of methoxy groups -OCH3 is 1. The molecular weight excluding hydrogens is 338 g/mol. The van der Waals surface area contributed by atoms with Crippen LogP contribution >= 0.6 is 15.9 Å². The summed E-state index contributed by atoms with van der Waals surface area (Å²) >= 11 is 3.34. The first-order valence-corrected chi connectivity index (χ1v) is 7.61. The first kappa shape index (κ1) is 17.5. The van der Waals surface area contributed by atoms with E-state index in [2.05, 4.69) is 21.2 Å². The molecule has 0 spiro atoms. The molecule has 0 fully saturated rings. The summed E-state index contributed by atoms with van der Waals surface area (Å²) in [6.45, 7) is 1.98. The first-order valence-electron chi connectivity index (χ1n) is 6.82. The third-order valence-corrected chi connectivity index (χ3v) is 3.57. The van der Waals surface area contributed by atoms with Gasteiger partial charge in [0.05, 0.1) is 13.5 Å². The highest BCUT2D eigenvalue weighted by atomic mass is 79.9. The van der Waals surface area contributed by atoms with E-state index in [0.717, 1.165) is 17.3 Å². The summed E-state index contributed by atoms with van der Waals surface area (Å²) in [5, 5.41) is 11.7. The number of carboxylic acid groups (broad SMARTS) is 1. The average Bonchev–Trinajstić information content (AvgIpc) is 2.43. The van der Waals surface area contributed by atoms with Crippen LogP contribution in [-0.4, -0.2) is 30.1 Å². The molecule has 2 N–H and O–H groups in total. The van der Waals surface area contributed by atoms with E-state index in [-0.39, 0.29) is 12.3 Å². The van der Waals surface area contributed by atoms with Crippen LogP contribution in [0.4, 0.5) is 0 Å². The molecule has 0 aromatic heterocycles. The Morgan fingerprint density at radius 3 is 2.71 bits per heavy atom. The molecular formula is C15H20BrNO4. The minimum absolute atomic E-state index is 0.0819. The molecule has 0 saturated carbocycles. The summed E-state index contributed by atoms with van der Waals surface area (Å²) in [5.41, 5.74) is 0.712. The Labute approximate surface area is 132 Å². The van der Waals surface area contributed by atoms with Crippen LogP contribution in [0.25, 0.3) is 0 Å². The van der Waals surface area contributed by atoms with Crippen LogP contribution < -0.4 is 10.1 Å². The first-order chi connectivity index (χ1) is 9.97. The molecule has 0 radical (unpaired) electrons. The maximum Gasteiger partial charge on any atom is 0.326 e. The van der Waals surface area contributed by atoms with Crippen molar-refractivity contribution in [1.29, 1.82) is 0 Å². The number of amides is 1. The Morgan fingerprint density at radius 2 is 2.14 bits per heavy atom. The van der Waals surface area contributed by atoms with Crippen LogP contribution in [0.1, 0.15) is 31.7 Å². The highest BCUT2D eigenvalue weighted by Gasteiger charge is 2.20. The van der Waals surface area contributed by atoms with Crippen molar-refractivity contribution >= 4 is 27.8 Å². The van der Waals surface area contributed by atoms with Crippen molar-refractivity contribution in [3.63, 3.8) is 0 Å². The lowest BCUT2D eigenvalue weighted by molar-refractivity contribution is -0.142. The molecule has 0 heterocycles. The van der Waals surface area contributed by atoms with Crippen molar-refractivity contribution < 1.29 is 19.4 Å². The number of aliphatic carboxylic acids is 1. The predicted molar refractivity (Wildman–Crippen MR) is 83.5 cm³/mol. The summed E-state index contributed by atoms with van der Waals surface area (Å²) in [5.74, 6) is -0.721. The Kier molecular flexibility index (Phi) is 7.22. The number of halogens is 1. The number of carbonyl (C=O) groups excluding carboxylic acids is 1. The molecule has 0 saturated heterocycles. The Hall–Kier alpha value is -1.56. The largest absolute Gasteiger partial charge is 0.496 e. The van der Waals surface area contributed by atoms with Crippen molar-refractivity contribution in [2.45, 2.75) is 38.6 Å². The number of rotatable bonds is 8. The van der Waals surface area contributed by atoms with Crippen LogP contribution in [0.3, 0.4) is 0 Å². The molecule has 1 rings (SSSR count). The summed E-state index contributed by atoms with van der Waals surface area (Å²) < 4.78 is 6.04. The van der Waals surface area contributed by atoms with Gasteiger partial charge in [0.25, 0.3) is 0 Å². The summed E-state index contributed by atoms with van der Waals surface area (Å²) in [4.78, 5) is 23.1. The maximum atomic E-state index is 12.0. The van der Waals surface area contributed by atoms with Crippen LogP contribution in [0.15, 0.2) is 22.7 Å². The van der Waals surface area contributed by atoms with Gasteiger partial charge in [-0.15, -0.1) is 0 Å². The molecule has 0 aliphatic carbocycles. The van der Waals surface area contributed by atoms with Gasteiger partial charge in [-0.1, -0.05) is 35.7 Å². The van der Waals surface area contributed by atoms with Crippen molar-refractivity contribution in [3.8, 4) is 5.75 Å². The van der Waals surface area contributed by atoms with Gasteiger partial charge in [0, 0.05) is 10.0 Å². The predicted octanol–water partition coefficient (Wildman–Crippen LogP) is 2.76. The van der Waals surface area contributed by atoms with Crippen LogP contribution in [0, 0.1) is 0 Å². The number of carboxylic acids is 1. The zero-order valence-electron chi connectivity index (χ0n) is 12.2. The number of benzene rings is 1. The van der Waals surface area contributed by atoms with Crippen molar-refractivity contribution in [3.05, 3.63) is 28.2 Å². The maximum absolute atomic E-state index is 12.0. The molecule has 5 nitrogen and oxygen atoms in total. The smallest absolute Gasteiger partial charge is 0.326 e. The number of hydrogen-bond acceptors (Lipinski definition) is 3. The molecule has 0 bridgehead atoms. The van der Waals surface area contributed by atoms with Gasteiger partial charge >= 0.3 is 5.97 Å². The summed E-state index contributed by atoms with van der Waals surface area (Å²) in [6.07, 6.45) is 2.17. The van der Waals surface area contributed by atoms with Gasteiger partial charge < -0.3 is 15.2 Å². The highest BCUT2D eigenvalue weighted by Crippen LogP contribution is 2.23. The van der Waals surface area contributed by atoms with Gasteiger partial charge in [-0.05, 0) is 24.6 Å². The van der Waals surface area contributed by atoms with E-state index in [0.29, 0.717) is 17.7 Å². The van der Waals surface area contributed by atoms with Crippen LogP contribution in [-0.2, 0) is 16.0 Å². The molecule has 116 valence electrons. The molecule has 1 aromatic rings. The molecule has 0 aliphatic rings. The second-order valence-electron chi connectivity index (χ2n) is 4.73. The Bertz CT molecular complexity index is 504. The monoisotopic (exact) mass is 357 g/mol. The van der Waals surface area contributed by atoms with E-state index in [1.54, 1.807) is 12.1 Å². The fourth-order valence-electron chi connectivity index (χ4n) is 1.97. The number of nitrogens with one attached hydrogen (secondary N) is 1. The quantitative estimate of drug-likeness (QED) is 0.749. The van der Waals surface area contributed by atoms with Gasteiger partial charge in [0.2, 0.25) is 5.91 Å². The second kappa shape index (κ2) is 8.67. The number of carbonyl (C=O) groups is 2. The Balaban J connectivity index is 2.71. The number of ether oxygens (including phenoxy) is 1. The van der Waals surface area contributed by atoms with Gasteiger partial charge in [0.15, 0.2) is 0 Å². The van der Waals surface area contributed by atoms with E-state index in [9.17, 15) is 9.59 Å². The third kappa shape index (κ3) is 5.75. The number of hydrogen-bond donors (Lipinski definition) is 2. The van der Waals surface area contributed by atoms with E-state index in [1.165, 1.54) is 7.11 Å². The number of unbranched alkanes of at least 4 members (excludes halogenated alkanes) is 1. The lowest BCUT2D eigenvalue weighted by atomic mass is 10.1. The van der Waals surface area contributed by atoms with Gasteiger partial charge in [-0.3, -0.25) is 4.79 Å². The topological polar surface area (TPSA) is 75.6 Å². The third-order valence-electron chi connectivity index (χ3n) is 3.07. The van der Waals surface area contributed by atoms with E-state index >= 15 is 0 Å². The van der Waals surface area contributed by atoms with Crippen molar-refractivity contribution in [2.75, 3.05) is 7.11 Å². The minimum Gasteiger partial charge on any atom is -0.496 e. The molecule has 1 amide bonds. The zero-order valence-corrected chi connectivity index (χ0v) is 13.8. The van der Waals surface area contributed by atoms with Gasteiger partial charge in [-0.2, -0.15) is 0 Å². The zero-order chi connectivity index (χ0) is 15.8. The van der Waals surface area contributed by atoms with Crippen molar-refractivity contribution in [1.82, 2.24) is 5.32 Å².